The van der Waals surface area contributed by atoms with Gasteiger partial charge in [0.15, 0.2) is 0 Å². The minimum Gasteiger partial charge on any atom is -0.475 e. The zero-order valence-electron chi connectivity index (χ0n) is 11.5. The van der Waals surface area contributed by atoms with Gasteiger partial charge in [0.05, 0.1) is 17.7 Å². The van der Waals surface area contributed by atoms with Crippen LogP contribution in [0.5, 0.6) is 5.88 Å². The Kier molecular flexibility index (Phi) is 4.51. The van der Waals surface area contributed by atoms with Gasteiger partial charge in [-0.15, -0.1) is 0 Å². The predicted molar refractivity (Wildman–Crippen MR) is 76.3 cm³/mol. The molecule has 0 saturated carbocycles. The summed E-state index contributed by atoms with van der Waals surface area (Å²) in [6.07, 6.45) is 1.55. The van der Waals surface area contributed by atoms with Crippen molar-refractivity contribution in [2.24, 2.45) is 0 Å². The van der Waals surface area contributed by atoms with Crippen LogP contribution in [0.3, 0.4) is 0 Å². The van der Waals surface area contributed by atoms with E-state index in [-0.39, 0.29) is 6.10 Å². The van der Waals surface area contributed by atoms with Gasteiger partial charge in [-0.2, -0.15) is 5.26 Å². The van der Waals surface area contributed by atoms with Crippen LogP contribution in [0.15, 0.2) is 36.7 Å². The molecule has 0 aliphatic heterocycles. The molecule has 0 bridgehead atoms. The maximum absolute atomic E-state index is 8.74. The topological polar surface area (TPSA) is 70.8 Å². The number of nitriles is 1. The van der Waals surface area contributed by atoms with Crippen molar-refractivity contribution in [1.82, 2.24) is 9.97 Å². The summed E-state index contributed by atoms with van der Waals surface area (Å²) in [5.74, 6) is 1.26. The molecule has 0 radical (unpaired) electrons. The molecule has 20 heavy (non-hydrogen) atoms. The Bertz CT molecular complexity index is 602. The van der Waals surface area contributed by atoms with E-state index in [9.17, 15) is 0 Å². The Labute approximate surface area is 118 Å². The van der Waals surface area contributed by atoms with Gasteiger partial charge >= 0.3 is 0 Å². The summed E-state index contributed by atoms with van der Waals surface area (Å²) < 4.78 is 5.51. The number of hydrogen-bond donors (Lipinski definition) is 1. The summed E-state index contributed by atoms with van der Waals surface area (Å²) in [4.78, 5) is 8.19. The fourth-order valence-corrected chi connectivity index (χ4v) is 1.63. The molecule has 1 N–H and O–H groups in total. The van der Waals surface area contributed by atoms with Gasteiger partial charge in [0.1, 0.15) is 12.1 Å². The van der Waals surface area contributed by atoms with Gasteiger partial charge in [-0.05, 0) is 31.5 Å². The Balaban J connectivity index is 1.97. The number of hydrogen-bond acceptors (Lipinski definition) is 5. The average molecular weight is 268 g/mol. The highest BCUT2D eigenvalue weighted by Crippen LogP contribution is 2.13. The quantitative estimate of drug-likeness (QED) is 0.902. The third kappa shape index (κ3) is 3.95. The van der Waals surface area contributed by atoms with E-state index in [2.05, 4.69) is 21.4 Å². The first-order valence-corrected chi connectivity index (χ1v) is 6.39. The van der Waals surface area contributed by atoms with Crippen molar-refractivity contribution >= 4 is 5.82 Å². The van der Waals surface area contributed by atoms with E-state index in [0.29, 0.717) is 23.8 Å². The number of rotatable bonds is 5. The summed E-state index contributed by atoms with van der Waals surface area (Å²) in [6, 6.07) is 11.3. The van der Waals surface area contributed by atoms with Crippen LogP contribution in [0, 0.1) is 11.3 Å². The number of anilines is 1. The minimum absolute atomic E-state index is 0.0799. The zero-order valence-corrected chi connectivity index (χ0v) is 11.5. The van der Waals surface area contributed by atoms with E-state index >= 15 is 0 Å². The molecule has 0 atom stereocenters. The summed E-state index contributed by atoms with van der Waals surface area (Å²) >= 11 is 0. The molecule has 2 rings (SSSR count). The number of nitrogens with zero attached hydrogens (tertiary/aromatic N) is 3. The van der Waals surface area contributed by atoms with Crippen molar-refractivity contribution < 1.29 is 4.74 Å². The molecule has 1 heterocycles. The van der Waals surface area contributed by atoms with Crippen LogP contribution in [0.2, 0.25) is 0 Å². The summed E-state index contributed by atoms with van der Waals surface area (Å²) in [7, 11) is 0. The van der Waals surface area contributed by atoms with Crippen molar-refractivity contribution in [1.29, 1.82) is 5.26 Å². The molecule has 102 valence electrons. The molecule has 0 aliphatic carbocycles. The molecule has 0 spiro atoms. The largest absolute Gasteiger partial charge is 0.475 e. The molecule has 0 fully saturated rings. The van der Waals surface area contributed by atoms with E-state index in [4.69, 9.17) is 10.00 Å². The van der Waals surface area contributed by atoms with Gasteiger partial charge in [-0.1, -0.05) is 12.1 Å². The second-order valence-corrected chi connectivity index (χ2v) is 4.57. The predicted octanol–water partition coefficient (Wildman–Crippen LogP) is 2.75. The molecule has 0 amide bonds. The second-order valence-electron chi connectivity index (χ2n) is 4.57. The average Bonchev–Trinajstić information content (AvgIpc) is 2.45. The second kappa shape index (κ2) is 6.53. The van der Waals surface area contributed by atoms with Crippen molar-refractivity contribution in [3.05, 3.63) is 47.8 Å². The minimum atomic E-state index is 0.0799. The normalized spacial score (nSPS) is 10.1. The van der Waals surface area contributed by atoms with E-state index < -0.39 is 0 Å². The lowest BCUT2D eigenvalue weighted by atomic mass is 10.1. The standard InChI is InChI=1S/C15H16N4O/c1-11(2)20-15-7-14(18-10-19-15)17-9-13-5-3-12(8-16)4-6-13/h3-7,10-11H,9H2,1-2H3,(H,17,18,19). The Morgan fingerprint density at radius 3 is 2.65 bits per heavy atom. The lowest BCUT2D eigenvalue weighted by Gasteiger charge is -2.10. The highest BCUT2D eigenvalue weighted by molar-refractivity contribution is 5.39. The van der Waals surface area contributed by atoms with E-state index in [1.165, 1.54) is 6.33 Å². The van der Waals surface area contributed by atoms with Crippen molar-refractivity contribution in [3.63, 3.8) is 0 Å². The lowest BCUT2D eigenvalue weighted by Crippen LogP contribution is -2.08. The Morgan fingerprint density at radius 1 is 1.25 bits per heavy atom. The number of aromatic nitrogens is 2. The first-order valence-electron chi connectivity index (χ1n) is 6.39. The molecule has 0 saturated heterocycles. The maximum atomic E-state index is 8.74. The smallest absolute Gasteiger partial charge is 0.218 e. The molecule has 1 aromatic carbocycles. The van der Waals surface area contributed by atoms with E-state index in [0.717, 1.165) is 5.56 Å². The summed E-state index contributed by atoms with van der Waals surface area (Å²) in [5.41, 5.74) is 1.73. The molecular formula is C15H16N4O. The Hall–Kier alpha value is -2.61. The fraction of sp³-hybridized carbons (Fsp3) is 0.267. The third-order valence-electron chi connectivity index (χ3n) is 2.56. The van der Waals surface area contributed by atoms with Crippen LogP contribution in [-0.4, -0.2) is 16.1 Å². The first kappa shape index (κ1) is 13.8. The maximum Gasteiger partial charge on any atom is 0.218 e. The molecule has 0 aliphatic rings. The molecule has 5 heteroatoms. The third-order valence-corrected chi connectivity index (χ3v) is 2.56. The number of ether oxygens (including phenoxy) is 1. The van der Waals surface area contributed by atoms with Crippen LogP contribution in [0.4, 0.5) is 5.82 Å². The van der Waals surface area contributed by atoms with Gasteiger partial charge in [-0.25, -0.2) is 9.97 Å². The van der Waals surface area contributed by atoms with Crippen molar-refractivity contribution in [2.45, 2.75) is 26.5 Å². The molecule has 5 nitrogen and oxygen atoms in total. The Morgan fingerprint density at radius 2 is 2.00 bits per heavy atom. The van der Waals surface area contributed by atoms with Crippen LogP contribution in [-0.2, 0) is 6.54 Å². The van der Waals surface area contributed by atoms with Gasteiger partial charge in [0, 0.05) is 12.6 Å². The van der Waals surface area contributed by atoms with Crippen LogP contribution in [0.1, 0.15) is 25.0 Å². The van der Waals surface area contributed by atoms with Gasteiger partial charge in [0.25, 0.3) is 0 Å². The fourth-order valence-electron chi connectivity index (χ4n) is 1.63. The summed E-state index contributed by atoms with van der Waals surface area (Å²) in [6.45, 7) is 4.53. The lowest BCUT2D eigenvalue weighted by molar-refractivity contribution is 0.232. The van der Waals surface area contributed by atoms with Gasteiger partial charge in [-0.3, -0.25) is 0 Å². The van der Waals surface area contributed by atoms with E-state index in [1.807, 2.05) is 26.0 Å². The number of benzene rings is 1. The van der Waals surface area contributed by atoms with Crippen molar-refractivity contribution in [3.8, 4) is 11.9 Å². The van der Waals surface area contributed by atoms with Gasteiger partial charge in [0.2, 0.25) is 5.88 Å². The molecule has 0 unspecified atom stereocenters. The highest BCUT2D eigenvalue weighted by Gasteiger charge is 2.02. The monoisotopic (exact) mass is 268 g/mol. The number of nitrogens with one attached hydrogen (secondary N) is 1. The summed E-state index contributed by atoms with van der Waals surface area (Å²) in [5, 5.41) is 11.9. The molecule has 2 aromatic rings. The van der Waals surface area contributed by atoms with Crippen molar-refractivity contribution in [2.75, 3.05) is 5.32 Å². The molecule has 1 aromatic heterocycles. The first-order chi connectivity index (χ1) is 9.67. The van der Waals surface area contributed by atoms with Gasteiger partial charge < -0.3 is 10.1 Å². The highest BCUT2D eigenvalue weighted by atomic mass is 16.5. The van der Waals surface area contributed by atoms with Crippen LogP contribution < -0.4 is 10.1 Å². The van der Waals surface area contributed by atoms with Crippen LogP contribution >= 0.6 is 0 Å². The SMILES string of the molecule is CC(C)Oc1cc(NCc2ccc(C#N)cc2)ncn1. The zero-order chi connectivity index (χ0) is 14.4. The molecular weight excluding hydrogens is 252 g/mol. The van der Waals surface area contributed by atoms with Crippen LogP contribution in [0.25, 0.3) is 0 Å². The van der Waals surface area contributed by atoms with E-state index in [1.54, 1.807) is 18.2 Å².